The molecule has 6 nitrogen and oxygen atoms in total. The highest BCUT2D eigenvalue weighted by atomic mass is 16.5. The molecule has 2 atom stereocenters. The molecule has 1 aromatic rings. The molecule has 0 saturated heterocycles. The molecule has 6 heteroatoms. The SMILES string of the molecule is Cc1ccc(OC[C@H](C)NC(=O)[C@@H](C)NC(N)=O)cc1. The molecule has 4 N–H and O–H groups in total. The number of carbonyl (C=O) groups is 2. The first-order chi connectivity index (χ1) is 9.38. The Morgan fingerprint density at radius 3 is 2.35 bits per heavy atom. The zero-order chi connectivity index (χ0) is 15.1. The normalized spacial score (nSPS) is 13.2. The molecule has 0 bridgehead atoms. The van der Waals surface area contributed by atoms with Crippen LogP contribution in [0.2, 0.25) is 0 Å². The topological polar surface area (TPSA) is 93.4 Å². The van der Waals surface area contributed by atoms with E-state index in [9.17, 15) is 9.59 Å². The number of urea groups is 1. The molecule has 3 amide bonds. The Hall–Kier alpha value is -2.24. The summed E-state index contributed by atoms with van der Waals surface area (Å²) in [7, 11) is 0. The van der Waals surface area contributed by atoms with E-state index >= 15 is 0 Å². The highest BCUT2D eigenvalue weighted by Gasteiger charge is 2.16. The Morgan fingerprint density at radius 1 is 1.20 bits per heavy atom. The standard InChI is InChI=1S/C14H21N3O3/c1-9-4-6-12(7-5-9)20-8-10(2)16-13(18)11(3)17-14(15)19/h4-7,10-11H,8H2,1-3H3,(H,16,18)(H3,15,17,19)/t10-,11+/m0/s1. The zero-order valence-electron chi connectivity index (χ0n) is 12.0. The van der Waals surface area contributed by atoms with Gasteiger partial charge in [-0.2, -0.15) is 0 Å². The number of ether oxygens (including phenoxy) is 1. The van der Waals surface area contributed by atoms with Gasteiger partial charge in [-0.3, -0.25) is 4.79 Å². The zero-order valence-corrected chi connectivity index (χ0v) is 12.0. The maximum absolute atomic E-state index is 11.7. The largest absolute Gasteiger partial charge is 0.491 e. The van der Waals surface area contributed by atoms with E-state index in [4.69, 9.17) is 10.5 Å². The van der Waals surface area contributed by atoms with Crippen molar-refractivity contribution in [2.45, 2.75) is 32.9 Å². The van der Waals surface area contributed by atoms with E-state index in [1.165, 1.54) is 0 Å². The fraction of sp³-hybridized carbons (Fsp3) is 0.429. The molecule has 0 aliphatic rings. The van der Waals surface area contributed by atoms with Crippen molar-refractivity contribution < 1.29 is 14.3 Å². The summed E-state index contributed by atoms with van der Waals surface area (Å²) in [5.74, 6) is 0.448. The van der Waals surface area contributed by atoms with Gasteiger partial charge in [0.25, 0.3) is 0 Å². The minimum atomic E-state index is -0.726. The lowest BCUT2D eigenvalue weighted by atomic mass is 10.2. The van der Waals surface area contributed by atoms with Crippen LogP contribution in [0.3, 0.4) is 0 Å². The number of primary amides is 1. The van der Waals surface area contributed by atoms with E-state index in [2.05, 4.69) is 10.6 Å². The third kappa shape index (κ3) is 5.60. The van der Waals surface area contributed by atoms with Gasteiger partial charge in [0, 0.05) is 0 Å². The Labute approximate surface area is 118 Å². The number of benzene rings is 1. The van der Waals surface area contributed by atoms with Crippen LogP contribution in [-0.4, -0.2) is 30.6 Å². The Bertz CT molecular complexity index is 459. The van der Waals surface area contributed by atoms with Gasteiger partial charge in [-0.25, -0.2) is 4.79 Å². The van der Waals surface area contributed by atoms with Crippen molar-refractivity contribution in [3.63, 3.8) is 0 Å². The maximum atomic E-state index is 11.7. The predicted octanol–water partition coefficient (Wildman–Crippen LogP) is 0.935. The fourth-order valence-electron chi connectivity index (χ4n) is 1.54. The van der Waals surface area contributed by atoms with E-state index in [1.54, 1.807) is 6.92 Å². The molecule has 0 unspecified atom stereocenters. The van der Waals surface area contributed by atoms with Gasteiger partial charge >= 0.3 is 6.03 Å². The maximum Gasteiger partial charge on any atom is 0.312 e. The average molecular weight is 279 g/mol. The molecule has 0 radical (unpaired) electrons. The van der Waals surface area contributed by atoms with Crippen LogP contribution in [-0.2, 0) is 4.79 Å². The van der Waals surface area contributed by atoms with Crippen molar-refractivity contribution in [3.05, 3.63) is 29.8 Å². The average Bonchev–Trinajstić information content (AvgIpc) is 2.37. The van der Waals surface area contributed by atoms with Crippen LogP contribution in [0.25, 0.3) is 0 Å². The molecule has 0 aromatic heterocycles. The summed E-state index contributed by atoms with van der Waals surface area (Å²) in [6, 6.07) is 6.09. The monoisotopic (exact) mass is 279 g/mol. The van der Waals surface area contributed by atoms with Crippen molar-refractivity contribution in [1.29, 1.82) is 0 Å². The lowest BCUT2D eigenvalue weighted by Gasteiger charge is -2.18. The van der Waals surface area contributed by atoms with Gasteiger partial charge in [0.2, 0.25) is 5.91 Å². The molecule has 0 spiro atoms. The van der Waals surface area contributed by atoms with Crippen molar-refractivity contribution >= 4 is 11.9 Å². The van der Waals surface area contributed by atoms with Gasteiger partial charge in [0.05, 0.1) is 6.04 Å². The van der Waals surface area contributed by atoms with Gasteiger partial charge in [-0.05, 0) is 32.9 Å². The molecule has 0 saturated carbocycles. The first-order valence-electron chi connectivity index (χ1n) is 6.44. The molecule has 0 aliphatic carbocycles. The first-order valence-corrected chi connectivity index (χ1v) is 6.44. The van der Waals surface area contributed by atoms with E-state index in [0.717, 1.165) is 11.3 Å². The second kappa shape index (κ2) is 7.37. The lowest BCUT2D eigenvalue weighted by Crippen LogP contribution is -2.49. The van der Waals surface area contributed by atoms with Crippen molar-refractivity contribution in [1.82, 2.24) is 10.6 Å². The molecule has 0 fully saturated rings. The summed E-state index contributed by atoms with van der Waals surface area (Å²) < 4.78 is 5.56. The third-order valence-electron chi connectivity index (χ3n) is 2.66. The summed E-state index contributed by atoms with van der Waals surface area (Å²) in [5, 5.41) is 5.05. The van der Waals surface area contributed by atoms with Crippen LogP contribution in [0.1, 0.15) is 19.4 Å². The number of nitrogens with two attached hydrogens (primary N) is 1. The number of amides is 3. The summed E-state index contributed by atoms with van der Waals surface area (Å²) >= 11 is 0. The Kier molecular flexibility index (Phi) is 5.83. The molecule has 1 aromatic carbocycles. The second-order valence-electron chi connectivity index (χ2n) is 4.76. The van der Waals surface area contributed by atoms with Crippen LogP contribution in [0.4, 0.5) is 4.79 Å². The van der Waals surface area contributed by atoms with Crippen molar-refractivity contribution in [3.8, 4) is 5.75 Å². The van der Waals surface area contributed by atoms with Gasteiger partial charge in [-0.1, -0.05) is 17.7 Å². The molecule has 1 rings (SSSR count). The predicted molar refractivity (Wildman–Crippen MR) is 76.5 cm³/mol. The lowest BCUT2D eigenvalue weighted by molar-refractivity contribution is -0.123. The van der Waals surface area contributed by atoms with Gasteiger partial charge in [0.1, 0.15) is 18.4 Å². The molecule has 20 heavy (non-hydrogen) atoms. The molecule has 0 aliphatic heterocycles. The summed E-state index contributed by atoms with van der Waals surface area (Å²) in [5.41, 5.74) is 6.11. The van der Waals surface area contributed by atoms with Gasteiger partial charge in [-0.15, -0.1) is 0 Å². The summed E-state index contributed by atoms with van der Waals surface area (Å²) in [4.78, 5) is 22.4. The third-order valence-corrected chi connectivity index (χ3v) is 2.66. The van der Waals surface area contributed by atoms with Crippen LogP contribution in [0.5, 0.6) is 5.75 Å². The first kappa shape index (κ1) is 15.8. The number of hydrogen-bond donors (Lipinski definition) is 3. The number of carbonyl (C=O) groups excluding carboxylic acids is 2. The molecular weight excluding hydrogens is 258 g/mol. The molecule has 110 valence electrons. The highest BCUT2D eigenvalue weighted by molar-refractivity contribution is 5.86. The van der Waals surface area contributed by atoms with Crippen LogP contribution < -0.4 is 21.1 Å². The van der Waals surface area contributed by atoms with Crippen molar-refractivity contribution in [2.24, 2.45) is 5.73 Å². The van der Waals surface area contributed by atoms with E-state index < -0.39 is 12.1 Å². The fourth-order valence-corrected chi connectivity index (χ4v) is 1.54. The second-order valence-corrected chi connectivity index (χ2v) is 4.76. The minimum absolute atomic E-state index is 0.180. The smallest absolute Gasteiger partial charge is 0.312 e. The van der Waals surface area contributed by atoms with Crippen LogP contribution >= 0.6 is 0 Å². The van der Waals surface area contributed by atoms with Crippen LogP contribution in [0.15, 0.2) is 24.3 Å². The van der Waals surface area contributed by atoms with E-state index in [0.29, 0.717) is 6.61 Å². The quantitative estimate of drug-likeness (QED) is 0.723. The van der Waals surface area contributed by atoms with Gasteiger partial charge in [0.15, 0.2) is 0 Å². The summed E-state index contributed by atoms with van der Waals surface area (Å²) in [6.45, 7) is 5.73. The molecular formula is C14H21N3O3. The van der Waals surface area contributed by atoms with Crippen molar-refractivity contribution in [2.75, 3.05) is 6.61 Å². The van der Waals surface area contributed by atoms with E-state index in [1.807, 2.05) is 38.1 Å². The number of hydrogen-bond acceptors (Lipinski definition) is 3. The molecule has 0 heterocycles. The number of aryl methyl sites for hydroxylation is 1. The highest BCUT2D eigenvalue weighted by Crippen LogP contribution is 2.11. The minimum Gasteiger partial charge on any atom is -0.491 e. The number of rotatable bonds is 6. The van der Waals surface area contributed by atoms with Gasteiger partial charge < -0.3 is 21.1 Å². The Balaban J connectivity index is 2.36. The Morgan fingerprint density at radius 2 is 1.80 bits per heavy atom. The number of nitrogens with one attached hydrogen (secondary N) is 2. The summed E-state index contributed by atoms with van der Waals surface area (Å²) in [6.07, 6.45) is 0. The van der Waals surface area contributed by atoms with E-state index in [-0.39, 0.29) is 11.9 Å². The van der Waals surface area contributed by atoms with Crippen LogP contribution in [0, 0.1) is 6.92 Å².